The first kappa shape index (κ1) is 47.5. The average Bonchev–Trinajstić information content (AvgIpc) is 3.23. The van der Waals surface area contributed by atoms with E-state index in [4.69, 9.17) is 13.0 Å². The van der Waals surface area contributed by atoms with Crippen LogP contribution >= 0.6 is 0 Å². The minimum absolute atomic E-state index is 0. The van der Waals surface area contributed by atoms with Crippen molar-refractivity contribution in [1.29, 1.82) is 0 Å². The largest absolute Gasteiger partial charge is 0.522 e. The van der Waals surface area contributed by atoms with Crippen LogP contribution in [0.25, 0.3) is 0 Å². The van der Waals surface area contributed by atoms with Crippen LogP contribution in [-0.4, -0.2) is 24.4 Å². The van der Waals surface area contributed by atoms with Gasteiger partial charge in [-0.2, -0.15) is 21.6 Å². The summed E-state index contributed by atoms with van der Waals surface area (Å²) in [5.74, 6) is 15.3. The average molecular weight is 820 g/mol. The fourth-order valence-corrected chi connectivity index (χ4v) is 4.13. The van der Waals surface area contributed by atoms with Crippen molar-refractivity contribution in [3.8, 4) is 0 Å². The number of hydrogen-bond acceptors (Lipinski definition) is 3. The second kappa shape index (κ2) is 21.5. The number of amides is 1. The van der Waals surface area contributed by atoms with Crippen LogP contribution in [0.2, 0.25) is 0 Å². The topological polar surface area (TPSA) is 83.5 Å². The van der Waals surface area contributed by atoms with Gasteiger partial charge in [-0.05, 0) is 123 Å². The van der Waals surface area contributed by atoms with Gasteiger partial charge >= 0.3 is 15.6 Å². The van der Waals surface area contributed by atoms with E-state index in [1.165, 1.54) is 59.2 Å². The minimum Gasteiger partial charge on any atom is -0.347 e. The van der Waals surface area contributed by atoms with E-state index >= 15 is 0 Å². The Morgan fingerprint density at radius 2 is 0.778 bits per heavy atom. The van der Waals surface area contributed by atoms with E-state index in [1.54, 1.807) is 12.8 Å². The van der Waals surface area contributed by atoms with Gasteiger partial charge in [0.05, 0.1) is 12.0 Å². The first-order valence-electron chi connectivity index (χ1n) is 13.6. The molecule has 22 radical (unpaired) electrons. The van der Waals surface area contributed by atoms with Crippen LogP contribution < -0.4 is 5.32 Å². The van der Waals surface area contributed by atoms with E-state index in [2.05, 4.69) is 74.6 Å². The normalized spacial score (nSPS) is 23.5. The predicted molar refractivity (Wildman–Crippen MR) is 164 cm³/mol. The minimum atomic E-state index is -5.84. The zero-order valence-corrected chi connectivity index (χ0v) is 31.5. The molecule has 0 unspecified atom stereocenters. The molecule has 1 amide bonds. The van der Waals surface area contributed by atoms with Gasteiger partial charge < -0.3 is 5.32 Å². The van der Waals surface area contributed by atoms with Crippen LogP contribution in [0.5, 0.6) is 0 Å². The molecule has 0 aromatic heterocycles. The Bertz CT molecular complexity index is 807. The standard InChI is InChI=1S/C13H11NO.2C10H15.CHF3O3S.2Ru/c15-13(11-7-3-1-4-8-11)14-12-9-5-2-6-10-12;2*1-6-7(2)9(4)10(5)8(6)3;2-1(3,4)8(5,6)7;;/h1-10H,(H,14,15);2*1-5H3;(H,5,6,7);;. The molecule has 0 bridgehead atoms. The van der Waals surface area contributed by atoms with E-state index in [1.807, 2.05) is 51.4 Å². The molecule has 4 saturated carbocycles. The van der Waals surface area contributed by atoms with Crippen molar-refractivity contribution in [3.05, 3.63) is 135 Å². The molecule has 250 valence electrons. The Hall–Kier alpha value is 0.417. The third-order valence-corrected chi connectivity index (χ3v) is 8.57. The number of halogens is 3. The molecule has 4 aliphatic carbocycles. The Labute approximate surface area is 299 Å². The van der Waals surface area contributed by atoms with Gasteiger partial charge in [-0.25, -0.2) is 0 Å². The molecule has 0 aliphatic heterocycles. The fourth-order valence-electron chi connectivity index (χ4n) is 4.13. The molecule has 11 heteroatoms. The first-order valence-corrected chi connectivity index (χ1v) is 15.0. The zero-order valence-electron chi connectivity index (χ0n) is 27.2. The fraction of sp³-hybridized carbons (Fsp3) is 0.324. The van der Waals surface area contributed by atoms with Gasteiger partial charge in [0, 0.05) is 39.0 Å². The molecule has 5 nitrogen and oxygen atoms in total. The van der Waals surface area contributed by atoms with E-state index in [0.29, 0.717) is 5.92 Å². The monoisotopic (exact) mass is 821 g/mol. The van der Waals surface area contributed by atoms with Crippen molar-refractivity contribution in [1.82, 2.24) is 5.32 Å². The second-order valence-electron chi connectivity index (χ2n) is 10.4. The van der Waals surface area contributed by atoms with E-state index < -0.39 is 15.6 Å². The molecular formula is C34H42F3NO4Ru2S. The van der Waals surface area contributed by atoms with Crippen LogP contribution in [0.15, 0.2) is 0 Å². The number of carbonyl (C=O) groups excluding carboxylic acids is 1. The maximum atomic E-state index is 11.7. The molecule has 0 saturated heterocycles. The third-order valence-electron chi connectivity index (χ3n) is 7.99. The van der Waals surface area contributed by atoms with Gasteiger partial charge in [-0.15, -0.1) is 0 Å². The van der Waals surface area contributed by atoms with Crippen molar-refractivity contribution in [2.45, 2.75) is 74.7 Å². The Morgan fingerprint density at radius 1 is 0.556 bits per heavy atom. The van der Waals surface area contributed by atoms with Crippen molar-refractivity contribution in [2.75, 3.05) is 0 Å². The molecule has 45 heavy (non-hydrogen) atoms. The second-order valence-corrected chi connectivity index (χ2v) is 11.8. The number of nitrogens with one attached hydrogen (secondary N) is 1. The van der Waals surface area contributed by atoms with Gasteiger partial charge in [0.15, 0.2) is 0 Å². The van der Waals surface area contributed by atoms with Crippen molar-refractivity contribution in [3.63, 3.8) is 0 Å². The molecule has 0 heterocycles. The van der Waals surface area contributed by atoms with E-state index in [9.17, 15) is 18.0 Å². The van der Waals surface area contributed by atoms with Gasteiger partial charge in [-0.1, -0.05) is 69.2 Å². The Morgan fingerprint density at radius 3 is 1.00 bits per heavy atom. The van der Waals surface area contributed by atoms with Crippen LogP contribution in [0.4, 0.5) is 13.2 Å². The van der Waals surface area contributed by atoms with Crippen LogP contribution in [-0.2, 0) is 53.9 Å². The summed E-state index contributed by atoms with van der Waals surface area (Å²) in [6.45, 7) is 22.0. The van der Waals surface area contributed by atoms with Crippen LogP contribution in [0.1, 0.15) is 69.2 Å². The molecule has 4 aliphatic rings. The Balaban J connectivity index is 0. The van der Waals surface area contributed by atoms with Gasteiger partial charge in [0.25, 0.3) is 0 Å². The quantitative estimate of drug-likeness (QED) is 0.171. The molecule has 0 atom stereocenters. The number of rotatable bonds is 2. The van der Waals surface area contributed by atoms with E-state index in [0.717, 1.165) is 6.04 Å². The molecule has 4 rings (SSSR count). The maximum absolute atomic E-state index is 11.7. The summed E-state index contributed by atoms with van der Waals surface area (Å²) < 4.78 is 57.5. The summed E-state index contributed by atoms with van der Waals surface area (Å²) in [6, 6.07) is 0.811. The summed E-state index contributed by atoms with van der Waals surface area (Å²) in [5.41, 5.74) is -5.53. The number of alkyl halides is 3. The third kappa shape index (κ3) is 14.8. The van der Waals surface area contributed by atoms with E-state index in [-0.39, 0.29) is 44.9 Å². The zero-order chi connectivity index (χ0) is 33.3. The molecular weight excluding hydrogens is 778 g/mol. The van der Waals surface area contributed by atoms with Gasteiger partial charge in [-0.3, -0.25) is 9.35 Å². The molecule has 0 aromatic rings. The van der Waals surface area contributed by atoms with Crippen molar-refractivity contribution < 1.29 is 69.9 Å². The maximum Gasteiger partial charge on any atom is 0.522 e. The number of carbonyl (C=O) groups is 1. The van der Waals surface area contributed by atoms with Crippen molar-refractivity contribution in [2.24, 2.45) is 0 Å². The SMILES string of the molecule is C[C]1[C](C)[C](C)[C](C)[C]1C.C[C]1[C](C)[C](C)[C](C)[C]1C.O=C(N[C]1[CH][CH][CH][CH][CH]1)[C]1[CH][CH][CH][CH][CH]1.O=S(=O)(O)C(F)(F)F.[Ru].[Ru]. The molecule has 2 N–H and O–H groups in total. The van der Waals surface area contributed by atoms with Crippen molar-refractivity contribution >= 4 is 16.0 Å². The molecule has 4 fully saturated rings. The predicted octanol–water partition coefficient (Wildman–Crippen LogP) is 7.61. The Kier molecular flexibility index (Phi) is 22.7. The molecule has 0 spiro atoms. The first-order chi connectivity index (χ1) is 19.7. The summed E-state index contributed by atoms with van der Waals surface area (Å²) in [4.78, 5) is 11.7. The summed E-state index contributed by atoms with van der Waals surface area (Å²) in [6.07, 6.45) is 18.6. The summed E-state index contributed by atoms with van der Waals surface area (Å²) in [5, 5.41) is 2.82. The van der Waals surface area contributed by atoms with Gasteiger partial charge in [0.2, 0.25) is 5.91 Å². The van der Waals surface area contributed by atoms with Crippen LogP contribution in [0, 0.1) is 135 Å². The van der Waals surface area contributed by atoms with Crippen LogP contribution in [0.3, 0.4) is 0 Å². The molecule has 0 aromatic carbocycles. The van der Waals surface area contributed by atoms with Gasteiger partial charge in [0.1, 0.15) is 0 Å². The smallest absolute Gasteiger partial charge is 0.347 e. The summed E-state index contributed by atoms with van der Waals surface area (Å²) >= 11 is 0. The number of hydrogen-bond donors (Lipinski definition) is 2. The summed E-state index contributed by atoms with van der Waals surface area (Å²) in [7, 11) is -5.84.